The number of hydrogen-bond acceptors (Lipinski definition) is 2. The molecule has 1 fully saturated rings. The van der Waals surface area contributed by atoms with E-state index in [2.05, 4.69) is 55.3 Å². The molecule has 0 radical (unpaired) electrons. The Morgan fingerprint density at radius 1 is 1.25 bits per heavy atom. The third-order valence-electron chi connectivity index (χ3n) is 4.52. The van der Waals surface area contributed by atoms with Crippen molar-refractivity contribution >= 4 is 0 Å². The van der Waals surface area contributed by atoms with Gasteiger partial charge in [-0.15, -0.1) is 0 Å². The molecule has 1 aliphatic rings. The van der Waals surface area contributed by atoms with Gasteiger partial charge in [-0.2, -0.15) is 0 Å². The second-order valence-electron chi connectivity index (χ2n) is 6.35. The van der Waals surface area contributed by atoms with E-state index in [9.17, 15) is 0 Å². The minimum Gasteiger partial charge on any atom is -0.309 e. The highest BCUT2D eigenvalue weighted by Gasteiger charge is 2.20. The second kappa shape index (κ2) is 7.80. The van der Waals surface area contributed by atoms with Crippen LogP contribution < -0.4 is 5.32 Å². The Labute approximate surface area is 124 Å². The SMILES string of the molecule is CCCNC(CN1CCC(C)CC1)c1ccccc1C. The second-order valence-corrected chi connectivity index (χ2v) is 6.35. The Bertz CT molecular complexity index is 394. The lowest BCUT2D eigenvalue weighted by atomic mass is 9.96. The third kappa shape index (κ3) is 4.32. The van der Waals surface area contributed by atoms with Crippen LogP contribution in [0.1, 0.15) is 50.3 Å². The molecule has 0 spiro atoms. The number of aryl methyl sites for hydroxylation is 1. The van der Waals surface area contributed by atoms with Crippen molar-refractivity contribution in [1.82, 2.24) is 10.2 Å². The van der Waals surface area contributed by atoms with E-state index in [1.54, 1.807) is 0 Å². The molecule has 1 N–H and O–H groups in total. The van der Waals surface area contributed by atoms with Gasteiger partial charge in [0.25, 0.3) is 0 Å². The summed E-state index contributed by atoms with van der Waals surface area (Å²) in [6, 6.07) is 9.30. The molecule has 2 rings (SSSR count). The van der Waals surface area contributed by atoms with Gasteiger partial charge in [0, 0.05) is 12.6 Å². The van der Waals surface area contributed by atoms with Crippen molar-refractivity contribution in [1.29, 1.82) is 0 Å². The van der Waals surface area contributed by atoms with Crippen molar-refractivity contribution in [3.05, 3.63) is 35.4 Å². The quantitative estimate of drug-likeness (QED) is 0.849. The Hall–Kier alpha value is -0.860. The summed E-state index contributed by atoms with van der Waals surface area (Å²) in [5.74, 6) is 0.909. The van der Waals surface area contributed by atoms with Gasteiger partial charge in [-0.1, -0.05) is 38.1 Å². The van der Waals surface area contributed by atoms with Gasteiger partial charge in [-0.05, 0) is 62.9 Å². The molecule has 112 valence electrons. The molecule has 1 aromatic carbocycles. The Morgan fingerprint density at radius 2 is 1.95 bits per heavy atom. The fourth-order valence-corrected chi connectivity index (χ4v) is 3.07. The van der Waals surface area contributed by atoms with E-state index in [1.807, 2.05) is 0 Å². The topological polar surface area (TPSA) is 15.3 Å². The zero-order chi connectivity index (χ0) is 14.4. The number of nitrogens with zero attached hydrogens (tertiary/aromatic N) is 1. The van der Waals surface area contributed by atoms with Gasteiger partial charge in [-0.3, -0.25) is 0 Å². The van der Waals surface area contributed by atoms with Crippen molar-refractivity contribution in [2.24, 2.45) is 5.92 Å². The first-order valence-corrected chi connectivity index (χ1v) is 8.22. The monoisotopic (exact) mass is 274 g/mol. The van der Waals surface area contributed by atoms with Crippen LogP contribution in [0.15, 0.2) is 24.3 Å². The maximum absolute atomic E-state index is 3.74. The van der Waals surface area contributed by atoms with Gasteiger partial charge >= 0.3 is 0 Å². The molecule has 20 heavy (non-hydrogen) atoms. The lowest BCUT2D eigenvalue weighted by Crippen LogP contribution is -2.40. The predicted octanol–water partition coefficient (Wildman–Crippen LogP) is 3.77. The summed E-state index contributed by atoms with van der Waals surface area (Å²) in [5.41, 5.74) is 2.88. The number of rotatable bonds is 6. The molecule has 1 unspecified atom stereocenters. The molecule has 1 aromatic rings. The summed E-state index contributed by atoms with van der Waals surface area (Å²) >= 11 is 0. The van der Waals surface area contributed by atoms with Gasteiger partial charge < -0.3 is 10.2 Å². The maximum Gasteiger partial charge on any atom is 0.0451 e. The highest BCUT2D eigenvalue weighted by Crippen LogP contribution is 2.22. The average molecular weight is 274 g/mol. The van der Waals surface area contributed by atoms with Crippen LogP contribution in [0.5, 0.6) is 0 Å². The molecule has 1 atom stereocenters. The van der Waals surface area contributed by atoms with E-state index in [4.69, 9.17) is 0 Å². The lowest BCUT2D eigenvalue weighted by Gasteiger charge is -2.34. The first-order valence-electron chi connectivity index (χ1n) is 8.22. The highest BCUT2D eigenvalue weighted by molar-refractivity contribution is 5.29. The number of nitrogens with one attached hydrogen (secondary N) is 1. The van der Waals surface area contributed by atoms with Crippen LogP contribution in [0, 0.1) is 12.8 Å². The van der Waals surface area contributed by atoms with Crippen molar-refractivity contribution in [3.8, 4) is 0 Å². The van der Waals surface area contributed by atoms with Crippen LogP contribution in [0.3, 0.4) is 0 Å². The van der Waals surface area contributed by atoms with E-state index in [0.717, 1.165) is 19.0 Å². The minimum absolute atomic E-state index is 0.476. The number of hydrogen-bond donors (Lipinski definition) is 1. The molecule has 1 heterocycles. The minimum atomic E-state index is 0.476. The van der Waals surface area contributed by atoms with Crippen LogP contribution in [-0.2, 0) is 0 Å². The summed E-state index contributed by atoms with van der Waals surface area (Å²) in [6.45, 7) is 11.6. The normalized spacial score (nSPS) is 19.1. The average Bonchev–Trinajstić information content (AvgIpc) is 2.46. The van der Waals surface area contributed by atoms with Gasteiger partial charge in [0.1, 0.15) is 0 Å². The molecule has 2 nitrogen and oxygen atoms in total. The van der Waals surface area contributed by atoms with Gasteiger partial charge in [0.15, 0.2) is 0 Å². The summed E-state index contributed by atoms with van der Waals surface area (Å²) in [7, 11) is 0. The van der Waals surface area contributed by atoms with Gasteiger partial charge in [-0.25, -0.2) is 0 Å². The summed E-state index contributed by atoms with van der Waals surface area (Å²) in [4.78, 5) is 2.64. The molecular weight excluding hydrogens is 244 g/mol. The van der Waals surface area contributed by atoms with E-state index in [1.165, 1.54) is 43.5 Å². The van der Waals surface area contributed by atoms with E-state index in [-0.39, 0.29) is 0 Å². The molecule has 0 amide bonds. The molecule has 1 aliphatic heterocycles. The largest absolute Gasteiger partial charge is 0.309 e. The molecular formula is C18H30N2. The number of likely N-dealkylation sites (tertiary alicyclic amines) is 1. The van der Waals surface area contributed by atoms with Gasteiger partial charge in [0.05, 0.1) is 0 Å². The fourth-order valence-electron chi connectivity index (χ4n) is 3.07. The van der Waals surface area contributed by atoms with Crippen LogP contribution in [-0.4, -0.2) is 31.1 Å². The van der Waals surface area contributed by atoms with Gasteiger partial charge in [0.2, 0.25) is 0 Å². The van der Waals surface area contributed by atoms with Crippen molar-refractivity contribution in [2.45, 2.75) is 46.1 Å². The standard InChI is InChI=1S/C18H30N2/c1-4-11-19-18(17-8-6-5-7-16(17)3)14-20-12-9-15(2)10-13-20/h5-8,15,18-19H,4,9-14H2,1-3H3. The van der Waals surface area contributed by atoms with Crippen LogP contribution >= 0.6 is 0 Å². The Balaban J connectivity index is 2.02. The third-order valence-corrected chi connectivity index (χ3v) is 4.52. The van der Waals surface area contributed by atoms with Crippen LogP contribution in [0.25, 0.3) is 0 Å². The molecule has 0 saturated carbocycles. The van der Waals surface area contributed by atoms with Crippen LogP contribution in [0.2, 0.25) is 0 Å². The highest BCUT2D eigenvalue weighted by atomic mass is 15.2. The maximum atomic E-state index is 3.74. The number of benzene rings is 1. The first kappa shape index (κ1) is 15.5. The molecule has 0 aliphatic carbocycles. The Kier molecular flexibility index (Phi) is 6.06. The van der Waals surface area contributed by atoms with Crippen LogP contribution in [0.4, 0.5) is 0 Å². The fraction of sp³-hybridized carbons (Fsp3) is 0.667. The smallest absolute Gasteiger partial charge is 0.0451 e. The first-order chi connectivity index (χ1) is 9.70. The van der Waals surface area contributed by atoms with E-state index >= 15 is 0 Å². The van der Waals surface area contributed by atoms with Crippen molar-refractivity contribution in [3.63, 3.8) is 0 Å². The molecule has 2 heteroatoms. The van der Waals surface area contributed by atoms with Crippen molar-refractivity contribution < 1.29 is 0 Å². The summed E-state index contributed by atoms with van der Waals surface area (Å²) in [6.07, 6.45) is 3.90. The molecule has 0 aromatic heterocycles. The number of piperidine rings is 1. The Morgan fingerprint density at radius 3 is 2.60 bits per heavy atom. The lowest BCUT2D eigenvalue weighted by molar-refractivity contribution is 0.175. The molecule has 0 bridgehead atoms. The molecule has 1 saturated heterocycles. The van der Waals surface area contributed by atoms with Crippen molar-refractivity contribution in [2.75, 3.05) is 26.2 Å². The van der Waals surface area contributed by atoms with E-state index in [0.29, 0.717) is 6.04 Å². The zero-order valence-electron chi connectivity index (χ0n) is 13.4. The van der Waals surface area contributed by atoms with E-state index < -0.39 is 0 Å². The summed E-state index contributed by atoms with van der Waals surface area (Å²) < 4.78 is 0. The zero-order valence-corrected chi connectivity index (χ0v) is 13.4. The predicted molar refractivity (Wildman–Crippen MR) is 87.1 cm³/mol. The summed E-state index contributed by atoms with van der Waals surface area (Å²) in [5, 5.41) is 3.74.